The first-order valence-corrected chi connectivity index (χ1v) is 6.23. The maximum absolute atomic E-state index is 5.93. The largest absolute Gasteiger partial charge is 0.389 e. The minimum atomic E-state index is 0.353. The number of hydrogen-bond donors (Lipinski definition) is 1. The van der Waals surface area contributed by atoms with Crippen LogP contribution in [0.3, 0.4) is 0 Å². The standard InChI is InChI=1S/C12H17ClN2OS/c1-3-16-7-6-15(2)11-5-4-9(13)8-10(11)12(14)17/h4-5,8H,3,6-7H2,1-2H3,(H2,14,17). The monoisotopic (exact) mass is 272 g/mol. The zero-order valence-corrected chi connectivity index (χ0v) is 11.6. The normalized spacial score (nSPS) is 10.3. The van der Waals surface area contributed by atoms with Gasteiger partial charge >= 0.3 is 0 Å². The number of nitrogens with two attached hydrogens (primary N) is 1. The Morgan fingerprint density at radius 3 is 2.82 bits per heavy atom. The first-order valence-electron chi connectivity index (χ1n) is 5.44. The summed E-state index contributed by atoms with van der Waals surface area (Å²) in [7, 11) is 1.98. The smallest absolute Gasteiger partial charge is 0.106 e. The summed E-state index contributed by atoms with van der Waals surface area (Å²) in [5, 5.41) is 0.634. The van der Waals surface area contributed by atoms with Gasteiger partial charge in [-0.1, -0.05) is 23.8 Å². The van der Waals surface area contributed by atoms with Crippen molar-refractivity contribution in [1.29, 1.82) is 0 Å². The lowest BCUT2D eigenvalue weighted by molar-refractivity contribution is 0.154. The molecular weight excluding hydrogens is 256 g/mol. The molecule has 0 amide bonds. The van der Waals surface area contributed by atoms with Crippen LogP contribution in [0.15, 0.2) is 18.2 Å². The number of likely N-dealkylation sites (N-methyl/N-ethyl adjacent to an activating group) is 1. The van der Waals surface area contributed by atoms with Gasteiger partial charge in [0.25, 0.3) is 0 Å². The van der Waals surface area contributed by atoms with Crippen LogP contribution in [0.5, 0.6) is 0 Å². The topological polar surface area (TPSA) is 38.5 Å². The van der Waals surface area contributed by atoms with Crippen molar-refractivity contribution in [3.8, 4) is 0 Å². The van der Waals surface area contributed by atoms with Crippen LogP contribution in [0.4, 0.5) is 5.69 Å². The molecule has 1 aromatic rings. The maximum Gasteiger partial charge on any atom is 0.106 e. The summed E-state index contributed by atoms with van der Waals surface area (Å²) < 4.78 is 5.32. The number of nitrogens with zero attached hydrogens (tertiary/aromatic N) is 1. The molecule has 2 N–H and O–H groups in total. The molecule has 17 heavy (non-hydrogen) atoms. The highest BCUT2D eigenvalue weighted by atomic mass is 35.5. The molecule has 0 radical (unpaired) electrons. The van der Waals surface area contributed by atoms with Crippen LogP contribution in [0.1, 0.15) is 12.5 Å². The second kappa shape index (κ2) is 6.79. The molecule has 3 nitrogen and oxygen atoms in total. The van der Waals surface area contributed by atoms with E-state index in [4.69, 9.17) is 34.3 Å². The van der Waals surface area contributed by atoms with E-state index in [-0.39, 0.29) is 0 Å². The molecule has 5 heteroatoms. The van der Waals surface area contributed by atoms with Gasteiger partial charge in [-0.05, 0) is 25.1 Å². The molecular formula is C12H17ClN2OS. The molecule has 0 aliphatic rings. The van der Waals surface area contributed by atoms with Gasteiger partial charge < -0.3 is 15.4 Å². The van der Waals surface area contributed by atoms with Gasteiger partial charge in [0.1, 0.15) is 4.99 Å². The Kier molecular flexibility index (Phi) is 5.68. The van der Waals surface area contributed by atoms with Crippen LogP contribution in [0, 0.1) is 0 Å². The Morgan fingerprint density at radius 1 is 1.53 bits per heavy atom. The number of hydrogen-bond acceptors (Lipinski definition) is 3. The molecule has 0 aliphatic carbocycles. The molecule has 0 heterocycles. The lowest BCUT2D eigenvalue weighted by atomic mass is 10.1. The second-order valence-electron chi connectivity index (χ2n) is 3.64. The fourth-order valence-electron chi connectivity index (χ4n) is 1.50. The van der Waals surface area contributed by atoms with E-state index in [0.29, 0.717) is 16.6 Å². The van der Waals surface area contributed by atoms with E-state index in [1.165, 1.54) is 0 Å². The first kappa shape index (κ1) is 14.2. The van der Waals surface area contributed by atoms with E-state index in [9.17, 15) is 0 Å². The minimum absolute atomic E-state index is 0.353. The Hall–Kier alpha value is -0.840. The second-order valence-corrected chi connectivity index (χ2v) is 4.52. The number of rotatable bonds is 6. The number of ether oxygens (including phenoxy) is 1. The van der Waals surface area contributed by atoms with Crippen LogP contribution in [0.2, 0.25) is 5.02 Å². The summed E-state index contributed by atoms with van der Waals surface area (Å²) in [6.45, 7) is 4.15. The summed E-state index contributed by atoms with van der Waals surface area (Å²) in [5.41, 5.74) is 7.46. The highest BCUT2D eigenvalue weighted by Crippen LogP contribution is 2.23. The van der Waals surface area contributed by atoms with E-state index < -0.39 is 0 Å². The molecule has 0 bridgehead atoms. The summed E-state index contributed by atoms with van der Waals surface area (Å²) in [4.78, 5) is 2.41. The van der Waals surface area contributed by atoms with Crippen molar-refractivity contribution in [2.75, 3.05) is 31.7 Å². The van der Waals surface area contributed by atoms with E-state index >= 15 is 0 Å². The van der Waals surface area contributed by atoms with Gasteiger partial charge in [0.2, 0.25) is 0 Å². The van der Waals surface area contributed by atoms with Crippen molar-refractivity contribution in [1.82, 2.24) is 0 Å². The number of halogens is 1. The highest BCUT2D eigenvalue weighted by molar-refractivity contribution is 7.80. The average Bonchev–Trinajstić information content (AvgIpc) is 2.29. The molecule has 0 spiro atoms. The Morgan fingerprint density at radius 2 is 2.24 bits per heavy atom. The highest BCUT2D eigenvalue weighted by Gasteiger charge is 2.10. The zero-order chi connectivity index (χ0) is 12.8. The van der Waals surface area contributed by atoms with Gasteiger partial charge in [-0.25, -0.2) is 0 Å². The zero-order valence-electron chi connectivity index (χ0n) is 10.1. The molecule has 0 saturated heterocycles. The number of benzene rings is 1. The minimum Gasteiger partial charge on any atom is -0.389 e. The quantitative estimate of drug-likeness (QED) is 0.638. The predicted molar refractivity (Wildman–Crippen MR) is 77.1 cm³/mol. The van der Waals surface area contributed by atoms with Crippen LogP contribution >= 0.6 is 23.8 Å². The van der Waals surface area contributed by atoms with Gasteiger partial charge in [0.05, 0.1) is 6.61 Å². The molecule has 0 saturated carbocycles. The summed E-state index contributed by atoms with van der Waals surface area (Å²) in [6, 6.07) is 5.54. The van der Waals surface area contributed by atoms with Crippen LogP contribution in [0.25, 0.3) is 0 Å². The van der Waals surface area contributed by atoms with Crippen LogP contribution in [-0.4, -0.2) is 31.8 Å². The summed E-state index contributed by atoms with van der Waals surface area (Å²) in [6.07, 6.45) is 0. The summed E-state index contributed by atoms with van der Waals surface area (Å²) >= 11 is 11.0. The molecule has 1 aromatic carbocycles. The third-order valence-electron chi connectivity index (χ3n) is 2.41. The third kappa shape index (κ3) is 4.15. The molecule has 0 aromatic heterocycles. The fraction of sp³-hybridized carbons (Fsp3) is 0.417. The molecule has 94 valence electrons. The fourth-order valence-corrected chi connectivity index (χ4v) is 1.84. The van der Waals surface area contributed by atoms with E-state index in [2.05, 4.69) is 4.90 Å². The van der Waals surface area contributed by atoms with Crippen molar-refractivity contribution >= 4 is 34.5 Å². The molecule has 0 fully saturated rings. The Balaban J connectivity index is 2.84. The van der Waals surface area contributed by atoms with Crippen LogP contribution < -0.4 is 10.6 Å². The van der Waals surface area contributed by atoms with E-state index in [1.807, 2.05) is 26.1 Å². The van der Waals surface area contributed by atoms with Crippen LogP contribution in [-0.2, 0) is 4.74 Å². The molecule has 0 unspecified atom stereocenters. The maximum atomic E-state index is 5.93. The lowest BCUT2D eigenvalue weighted by Gasteiger charge is -2.22. The third-order valence-corrected chi connectivity index (χ3v) is 2.87. The molecule has 1 rings (SSSR count). The Labute approximate surface area is 112 Å². The molecule has 0 atom stereocenters. The number of thiocarbonyl (C=S) groups is 1. The van der Waals surface area contributed by atoms with Crippen molar-refractivity contribution in [2.24, 2.45) is 5.73 Å². The SMILES string of the molecule is CCOCCN(C)c1ccc(Cl)cc1C(N)=S. The van der Waals surface area contributed by atoms with Crippen molar-refractivity contribution in [3.05, 3.63) is 28.8 Å². The van der Waals surface area contributed by atoms with E-state index in [1.54, 1.807) is 6.07 Å². The van der Waals surface area contributed by atoms with E-state index in [0.717, 1.165) is 24.4 Å². The van der Waals surface area contributed by atoms with Crippen molar-refractivity contribution < 1.29 is 4.74 Å². The molecule has 0 aliphatic heterocycles. The van der Waals surface area contributed by atoms with Gasteiger partial charge in [-0.15, -0.1) is 0 Å². The van der Waals surface area contributed by atoms with Gasteiger partial charge in [-0.2, -0.15) is 0 Å². The average molecular weight is 273 g/mol. The lowest BCUT2D eigenvalue weighted by Crippen LogP contribution is -2.25. The van der Waals surface area contributed by atoms with Crippen molar-refractivity contribution in [2.45, 2.75) is 6.92 Å². The predicted octanol–water partition coefficient (Wildman–Crippen LogP) is 2.45. The first-order chi connectivity index (χ1) is 8.06. The van der Waals surface area contributed by atoms with Gasteiger partial charge in [0.15, 0.2) is 0 Å². The number of anilines is 1. The van der Waals surface area contributed by atoms with Crippen molar-refractivity contribution in [3.63, 3.8) is 0 Å². The van der Waals surface area contributed by atoms with Gasteiger partial charge in [0, 0.05) is 36.5 Å². The Bertz CT molecular complexity index is 398. The van der Waals surface area contributed by atoms with Gasteiger partial charge in [-0.3, -0.25) is 0 Å². The summed E-state index contributed by atoms with van der Waals surface area (Å²) in [5.74, 6) is 0.